The van der Waals surface area contributed by atoms with Crippen molar-refractivity contribution in [2.45, 2.75) is 0 Å². The van der Waals surface area contributed by atoms with Crippen LogP contribution in [0, 0.1) is 0 Å². The van der Waals surface area contributed by atoms with Crippen molar-refractivity contribution in [2.24, 2.45) is 0 Å². The molecule has 0 radical (unpaired) electrons. The topological polar surface area (TPSA) is 60.2 Å². The lowest BCUT2D eigenvalue weighted by Gasteiger charge is -1.92. The van der Waals surface area contributed by atoms with E-state index in [4.69, 9.17) is 0 Å². The lowest BCUT2D eigenvalue weighted by Crippen LogP contribution is -2.03. The molecule has 0 saturated carbocycles. The fraction of sp³-hybridized carbons (Fsp3) is 0. The van der Waals surface area contributed by atoms with Crippen LogP contribution in [-0.4, -0.2) is 19.6 Å². The first-order valence-electron chi connectivity index (χ1n) is 4.45. The molecule has 0 aliphatic heterocycles. The minimum atomic E-state index is -0.349. The highest BCUT2D eigenvalue weighted by molar-refractivity contribution is 5.72. The highest BCUT2D eigenvalue weighted by Crippen LogP contribution is 2.07. The van der Waals surface area contributed by atoms with Crippen LogP contribution in [-0.2, 0) is 0 Å². The molecule has 0 fully saturated rings. The molecule has 0 aromatic carbocycles. The Balaban J connectivity index is 2.75. The molecule has 0 bridgehead atoms. The van der Waals surface area contributed by atoms with Gasteiger partial charge in [-0.15, -0.1) is 10.2 Å². The van der Waals surface area contributed by atoms with Crippen LogP contribution in [0.4, 0.5) is 0 Å². The summed E-state index contributed by atoms with van der Waals surface area (Å²) in [6.45, 7) is 0. The maximum atomic E-state index is 11.5. The van der Waals surface area contributed by atoms with E-state index in [0.717, 1.165) is 5.52 Å². The fourth-order valence-electron chi connectivity index (χ4n) is 1.56. The predicted molar refractivity (Wildman–Crippen MR) is 54.6 cm³/mol. The standard InChI is InChI=1S/C10H6N4O/c15-10-8-4-2-6-14(8)7-3-1-5-11-9(7)12-13-10/h1-6H. The maximum absolute atomic E-state index is 11.5. The average Bonchev–Trinajstić information content (AvgIpc) is 2.71. The number of pyridine rings is 1. The maximum Gasteiger partial charge on any atom is 0.312 e. The Kier molecular flexibility index (Phi) is 1.53. The molecule has 0 spiro atoms. The molecule has 3 rings (SSSR count). The number of nitrogens with zero attached hydrogens (tertiary/aromatic N) is 4. The van der Waals surface area contributed by atoms with E-state index >= 15 is 0 Å². The van der Waals surface area contributed by atoms with Gasteiger partial charge in [-0.3, -0.25) is 4.79 Å². The Morgan fingerprint density at radius 1 is 1.07 bits per heavy atom. The van der Waals surface area contributed by atoms with Crippen molar-refractivity contribution >= 4 is 16.7 Å². The van der Waals surface area contributed by atoms with Gasteiger partial charge in [-0.05, 0) is 24.3 Å². The predicted octanol–water partition coefficient (Wildman–Crippen LogP) is 0.638. The van der Waals surface area contributed by atoms with Gasteiger partial charge in [0.25, 0.3) is 0 Å². The normalized spacial score (nSPS) is 10.9. The van der Waals surface area contributed by atoms with Gasteiger partial charge in [-0.1, -0.05) is 0 Å². The summed E-state index contributed by atoms with van der Waals surface area (Å²) in [5.74, 6) is 0. The van der Waals surface area contributed by atoms with Crippen LogP contribution in [0.25, 0.3) is 16.7 Å². The molecule has 3 aromatic rings. The van der Waals surface area contributed by atoms with Crippen LogP contribution < -0.4 is 5.56 Å². The van der Waals surface area contributed by atoms with E-state index in [1.54, 1.807) is 35.0 Å². The number of rotatable bonds is 0. The summed E-state index contributed by atoms with van der Waals surface area (Å²) in [6.07, 6.45) is 3.42. The number of hydrogen-bond acceptors (Lipinski definition) is 4. The fourth-order valence-corrected chi connectivity index (χ4v) is 1.56. The third kappa shape index (κ3) is 1.10. The molecule has 0 aliphatic carbocycles. The first kappa shape index (κ1) is 8.05. The van der Waals surface area contributed by atoms with Gasteiger partial charge in [0.05, 0.1) is 5.52 Å². The van der Waals surface area contributed by atoms with E-state index in [9.17, 15) is 4.79 Å². The Hall–Kier alpha value is -2.30. The summed E-state index contributed by atoms with van der Waals surface area (Å²) in [5.41, 5.74) is 1.39. The van der Waals surface area contributed by atoms with Crippen molar-refractivity contribution in [3.63, 3.8) is 0 Å². The second-order valence-electron chi connectivity index (χ2n) is 3.11. The number of hydrogen-bond donors (Lipinski definition) is 0. The Morgan fingerprint density at radius 2 is 1.93 bits per heavy atom. The molecular weight excluding hydrogens is 192 g/mol. The molecule has 15 heavy (non-hydrogen) atoms. The summed E-state index contributed by atoms with van der Waals surface area (Å²) in [6, 6.07) is 7.16. The summed E-state index contributed by atoms with van der Waals surface area (Å²) in [5, 5.41) is 7.38. The highest BCUT2D eigenvalue weighted by atomic mass is 16.1. The Bertz CT molecular complexity index is 704. The van der Waals surface area contributed by atoms with Crippen molar-refractivity contribution < 1.29 is 0 Å². The Morgan fingerprint density at radius 3 is 2.87 bits per heavy atom. The van der Waals surface area contributed by atoms with Crippen LogP contribution >= 0.6 is 0 Å². The van der Waals surface area contributed by atoms with Gasteiger partial charge < -0.3 is 4.40 Å². The third-order valence-electron chi connectivity index (χ3n) is 2.23. The minimum Gasteiger partial charge on any atom is -0.309 e. The molecular formula is C10H6N4O. The zero-order chi connectivity index (χ0) is 10.3. The van der Waals surface area contributed by atoms with Crippen molar-refractivity contribution in [1.29, 1.82) is 0 Å². The van der Waals surface area contributed by atoms with Gasteiger partial charge in [0.1, 0.15) is 5.52 Å². The monoisotopic (exact) mass is 198 g/mol. The molecule has 5 nitrogen and oxygen atoms in total. The van der Waals surface area contributed by atoms with Gasteiger partial charge in [0, 0.05) is 12.4 Å². The second kappa shape index (κ2) is 2.84. The van der Waals surface area contributed by atoms with E-state index in [2.05, 4.69) is 15.2 Å². The van der Waals surface area contributed by atoms with Crippen molar-refractivity contribution in [3.8, 4) is 0 Å². The Labute approximate surface area is 84.0 Å². The first-order chi connectivity index (χ1) is 7.36. The van der Waals surface area contributed by atoms with E-state index < -0.39 is 0 Å². The van der Waals surface area contributed by atoms with Gasteiger partial charge in [-0.2, -0.15) is 0 Å². The summed E-state index contributed by atoms with van der Waals surface area (Å²) in [4.78, 5) is 15.6. The van der Waals surface area contributed by atoms with E-state index in [0.29, 0.717) is 11.2 Å². The first-order valence-corrected chi connectivity index (χ1v) is 4.45. The van der Waals surface area contributed by atoms with Crippen LogP contribution in [0.2, 0.25) is 0 Å². The third-order valence-corrected chi connectivity index (χ3v) is 2.23. The van der Waals surface area contributed by atoms with Crippen LogP contribution in [0.3, 0.4) is 0 Å². The minimum absolute atomic E-state index is 0.349. The zero-order valence-corrected chi connectivity index (χ0v) is 7.66. The zero-order valence-electron chi connectivity index (χ0n) is 7.66. The van der Waals surface area contributed by atoms with E-state index in [-0.39, 0.29) is 5.56 Å². The van der Waals surface area contributed by atoms with Crippen molar-refractivity contribution in [3.05, 3.63) is 47.0 Å². The van der Waals surface area contributed by atoms with E-state index in [1.165, 1.54) is 0 Å². The molecule has 0 saturated heterocycles. The molecule has 3 heterocycles. The van der Waals surface area contributed by atoms with Gasteiger partial charge in [0.15, 0.2) is 5.65 Å². The van der Waals surface area contributed by atoms with Crippen molar-refractivity contribution in [1.82, 2.24) is 19.6 Å². The average molecular weight is 198 g/mol. The molecule has 0 N–H and O–H groups in total. The van der Waals surface area contributed by atoms with Gasteiger partial charge in [-0.25, -0.2) is 4.98 Å². The molecule has 0 amide bonds. The van der Waals surface area contributed by atoms with E-state index in [1.807, 2.05) is 6.07 Å². The molecule has 5 heteroatoms. The molecule has 0 unspecified atom stereocenters. The van der Waals surface area contributed by atoms with Crippen LogP contribution in [0.5, 0.6) is 0 Å². The largest absolute Gasteiger partial charge is 0.312 e. The van der Waals surface area contributed by atoms with Gasteiger partial charge >= 0.3 is 5.56 Å². The molecule has 3 aromatic heterocycles. The second-order valence-corrected chi connectivity index (χ2v) is 3.11. The number of fused-ring (bicyclic) bond motifs is 3. The summed E-state index contributed by atoms with van der Waals surface area (Å²) in [7, 11) is 0. The smallest absolute Gasteiger partial charge is 0.309 e. The lowest BCUT2D eigenvalue weighted by molar-refractivity contribution is 1.03. The molecule has 0 aliphatic rings. The summed E-state index contributed by atoms with van der Waals surface area (Å²) < 4.78 is 1.74. The van der Waals surface area contributed by atoms with Crippen LogP contribution in [0.1, 0.15) is 0 Å². The molecule has 72 valence electrons. The SMILES string of the molecule is O=c1nnc2ncccc2n2cccc12. The molecule has 0 atom stereocenters. The lowest BCUT2D eigenvalue weighted by atomic mass is 10.4. The van der Waals surface area contributed by atoms with Gasteiger partial charge in [0.2, 0.25) is 0 Å². The summed E-state index contributed by atoms with van der Waals surface area (Å²) >= 11 is 0. The van der Waals surface area contributed by atoms with Crippen molar-refractivity contribution in [2.75, 3.05) is 0 Å². The quantitative estimate of drug-likeness (QED) is 0.531. The number of aromatic nitrogens is 4. The van der Waals surface area contributed by atoms with Crippen LogP contribution in [0.15, 0.2) is 41.5 Å². The highest BCUT2D eigenvalue weighted by Gasteiger charge is 2.02.